The van der Waals surface area contributed by atoms with Crippen molar-refractivity contribution in [3.63, 3.8) is 0 Å². The quantitative estimate of drug-likeness (QED) is 0.654. The first-order valence-electron chi connectivity index (χ1n) is 4.84. The molecule has 0 spiro atoms. The molecule has 1 atom stereocenters. The molecule has 0 aliphatic carbocycles. The molecular weight excluding hydrogens is 164 g/mol. The van der Waals surface area contributed by atoms with Crippen LogP contribution in [0.5, 0.6) is 0 Å². The molecule has 1 heteroatoms. The molecule has 0 aliphatic heterocycles. The molecule has 12 heavy (non-hydrogen) atoms. The van der Waals surface area contributed by atoms with E-state index in [-0.39, 0.29) is 0 Å². The second-order valence-electron chi connectivity index (χ2n) is 3.41. The fourth-order valence-electron chi connectivity index (χ4n) is 1.46. The van der Waals surface area contributed by atoms with Gasteiger partial charge < -0.3 is 0 Å². The highest BCUT2D eigenvalue weighted by Crippen LogP contribution is 2.26. The summed E-state index contributed by atoms with van der Waals surface area (Å²) in [5.74, 6) is 0.748. The summed E-state index contributed by atoms with van der Waals surface area (Å²) in [5, 5.41) is 4.63. The van der Waals surface area contributed by atoms with Crippen LogP contribution in [0, 0.1) is 0 Å². The van der Waals surface area contributed by atoms with Gasteiger partial charge >= 0.3 is 0 Å². The first kappa shape index (κ1) is 9.79. The molecule has 1 aromatic rings. The van der Waals surface area contributed by atoms with Gasteiger partial charge in [-0.15, -0.1) is 0 Å². The first-order chi connectivity index (χ1) is 5.79. The van der Waals surface area contributed by atoms with Crippen molar-refractivity contribution in [2.75, 3.05) is 0 Å². The van der Waals surface area contributed by atoms with Crippen LogP contribution in [-0.2, 0) is 6.42 Å². The average Bonchev–Trinajstić information content (AvgIpc) is 2.52. The lowest BCUT2D eigenvalue weighted by Crippen LogP contribution is -1.93. The molecule has 0 fully saturated rings. The number of thiophene rings is 1. The smallest absolute Gasteiger partial charge is 0.00557 e. The zero-order valence-electron chi connectivity index (χ0n) is 8.26. The van der Waals surface area contributed by atoms with E-state index in [1.807, 2.05) is 11.3 Å². The van der Waals surface area contributed by atoms with Crippen molar-refractivity contribution in [1.29, 1.82) is 0 Å². The number of hydrogen-bond acceptors (Lipinski definition) is 1. The lowest BCUT2D eigenvalue weighted by atomic mass is 9.96. The molecule has 1 aromatic heterocycles. The zero-order chi connectivity index (χ0) is 8.97. The average molecular weight is 182 g/mol. The van der Waals surface area contributed by atoms with Crippen molar-refractivity contribution in [2.45, 2.75) is 46.0 Å². The molecule has 68 valence electrons. The predicted octanol–water partition coefficient (Wildman–Crippen LogP) is 4.21. The van der Waals surface area contributed by atoms with Gasteiger partial charge in [-0.3, -0.25) is 0 Å². The molecule has 0 radical (unpaired) electrons. The van der Waals surface area contributed by atoms with Gasteiger partial charge in [0, 0.05) is 0 Å². The van der Waals surface area contributed by atoms with E-state index in [0.29, 0.717) is 0 Å². The summed E-state index contributed by atoms with van der Waals surface area (Å²) in [6.07, 6.45) is 3.77. The van der Waals surface area contributed by atoms with E-state index in [1.165, 1.54) is 19.3 Å². The van der Waals surface area contributed by atoms with E-state index in [2.05, 4.69) is 31.5 Å². The van der Waals surface area contributed by atoms with Gasteiger partial charge in [0.05, 0.1) is 0 Å². The molecule has 1 rings (SSSR count). The van der Waals surface area contributed by atoms with Gasteiger partial charge in [0.25, 0.3) is 0 Å². The minimum atomic E-state index is 0.748. The lowest BCUT2D eigenvalue weighted by Gasteiger charge is -2.09. The molecule has 0 nitrogen and oxygen atoms in total. The van der Waals surface area contributed by atoms with E-state index in [1.54, 1.807) is 11.1 Å². The Morgan fingerprint density at radius 3 is 2.67 bits per heavy atom. The maximum absolute atomic E-state index is 2.32. The van der Waals surface area contributed by atoms with Crippen LogP contribution in [0.1, 0.15) is 50.7 Å². The van der Waals surface area contributed by atoms with Crippen molar-refractivity contribution < 1.29 is 0 Å². The maximum atomic E-state index is 2.32. The van der Waals surface area contributed by atoms with Crippen LogP contribution in [0.3, 0.4) is 0 Å². The van der Waals surface area contributed by atoms with E-state index in [9.17, 15) is 0 Å². The Kier molecular flexibility index (Phi) is 3.80. The van der Waals surface area contributed by atoms with Gasteiger partial charge in [-0.05, 0) is 40.6 Å². The summed E-state index contributed by atoms with van der Waals surface area (Å²) in [6, 6.07) is 0. The summed E-state index contributed by atoms with van der Waals surface area (Å²) in [4.78, 5) is 0. The number of rotatable bonds is 4. The van der Waals surface area contributed by atoms with Gasteiger partial charge in [-0.2, -0.15) is 11.3 Å². The molecule has 0 bridgehead atoms. The fourth-order valence-corrected chi connectivity index (χ4v) is 2.47. The Morgan fingerprint density at radius 1 is 1.33 bits per heavy atom. The van der Waals surface area contributed by atoms with Gasteiger partial charge in [-0.25, -0.2) is 0 Å². The Morgan fingerprint density at radius 2 is 2.08 bits per heavy atom. The van der Waals surface area contributed by atoms with Gasteiger partial charge in [0.1, 0.15) is 0 Å². The SMILES string of the molecule is CCCc1cscc1C(C)CC. The minimum Gasteiger partial charge on any atom is -0.152 e. The standard InChI is InChI=1S/C11H18S/c1-4-6-10-7-12-8-11(10)9(3)5-2/h7-9H,4-6H2,1-3H3. The predicted molar refractivity (Wildman–Crippen MR) is 57.0 cm³/mol. The highest BCUT2D eigenvalue weighted by Gasteiger charge is 2.08. The lowest BCUT2D eigenvalue weighted by molar-refractivity contribution is 0.722. The molecule has 1 unspecified atom stereocenters. The Bertz CT molecular complexity index is 225. The van der Waals surface area contributed by atoms with Gasteiger partial charge in [-0.1, -0.05) is 27.2 Å². The third-order valence-corrected chi connectivity index (χ3v) is 3.25. The molecule has 0 N–H and O–H groups in total. The highest BCUT2D eigenvalue weighted by atomic mass is 32.1. The van der Waals surface area contributed by atoms with Crippen molar-refractivity contribution in [3.8, 4) is 0 Å². The Hall–Kier alpha value is -0.300. The van der Waals surface area contributed by atoms with Crippen LogP contribution >= 0.6 is 11.3 Å². The topological polar surface area (TPSA) is 0 Å². The number of aryl methyl sites for hydroxylation is 1. The van der Waals surface area contributed by atoms with Crippen LogP contribution in [-0.4, -0.2) is 0 Å². The van der Waals surface area contributed by atoms with Crippen LogP contribution < -0.4 is 0 Å². The first-order valence-corrected chi connectivity index (χ1v) is 5.78. The van der Waals surface area contributed by atoms with Crippen LogP contribution in [0.4, 0.5) is 0 Å². The normalized spacial score (nSPS) is 13.2. The van der Waals surface area contributed by atoms with Crippen LogP contribution in [0.15, 0.2) is 10.8 Å². The van der Waals surface area contributed by atoms with Crippen molar-refractivity contribution in [2.24, 2.45) is 0 Å². The van der Waals surface area contributed by atoms with E-state index >= 15 is 0 Å². The Labute approximate surface area is 79.6 Å². The third kappa shape index (κ3) is 2.10. The molecule has 0 saturated heterocycles. The maximum Gasteiger partial charge on any atom is -0.00557 e. The Balaban J connectivity index is 2.76. The van der Waals surface area contributed by atoms with Crippen molar-refractivity contribution in [1.82, 2.24) is 0 Å². The van der Waals surface area contributed by atoms with Gasteiger partial charge in [0.2, 0.25) is 0 Å². The molecule has 0 saturated carbocycles. The monoisotopic (exact) mass is 182 g/mol. The van der Waals surface area contributed by atoms with Crippen LogP contribution in [0.2, 0.25) is 0 Å². The molecule has 0 amide bonds. The fraction of sp³-hybridized carbons (Fsp3) is 0.636. The second-order valence-corrected chi connectivity index (χ2v) is 4.16. The summed E-state index contributed by atoms with van der Waals surface area (Å²) < 4.78 is 0. The molecular formula is C11H18S. The summed E-state index contributed by atoms with van der Waals surface area (Å²) in [6.45, 7) is 6.83. The van der Waals surface area contributed by atoms with Crippen molar-refractivity contribution >= 4 is 11.3 Å². The highest BCUT2D eigenvalue weighted by molar-refractivity contribution is 7.08. The van der Waals surface area contributed by atoms with Gasteiger partial charge in [0.15, 0.2) is 0 Å². The van der Waals surface area contributed by atoms with Crippen molar-refractivity contribution in [3.05, 3.63) is 21.9 Å². The molecule has 1 heterocycles. The summed E-state index contributed by atoms with van der Waals surface area (Å²) in [7, 11) is 0. The van der Waals surface area contributed by atoms with E-state index in [4.69, 9.17) is 0 Å². The van der Waals surface area contributed by atoms with Crippen LogP contribution in [0.25, 0.3) is 0 Å². The van der Waals surface area contributed by atoms with E-state index in [0.717, 1.165) is 5.92 Å². The second kappa shape index (κ2) is 4.66. The van der Waals surface area contributed by atoms with E-state index < -0.39 is 0 Å². The summed E-state index contributed by atoms with van der Waals surface area (Å²) >= 11 is 1.85. The third-order valence-electron chi connectivity index (χ3n) is 2.44. The largest absolute Gasteiger partial charge is 0.152 e. The summed E-state index contributed by atoms with van der Waals surface area (Å²) in [5.41, 5.74) is 3.17. The number of hydrogen-bond donors (Lipinski definition) is 0. The minimum absolute atomic E-state index is 0.748. The zero-order valence-corrected chi connectivity index (χ0v) is 9.08. The molecule has 0 aliphatic rings. The molecule has 0 aromatic carbocycles.